The Morgan fingerprint density at radius 1 is 0.952 bits per heavy atom. The van der Waals surface area contributed by atoms with Crippen molar-refractivity contribution < 1.29 is 13.9 Å². The maximum atomic E-state index is 12.7. The van der Waals surface area contributed by atoms with Crippen LogP contribution in [0.15, 0.2) is 48.5 Å². The van der Waals surface area contributed by atoms with Gasteiger partial charge in [0.2, 0.25) is 0 Å². The standard InChI is InChI=1S/C17H20FNO2/c1-20-16-7-9-17(10-8-16)21-12-2-11-19-13-14-3-5-15(18)6-4-14/h3-10,19H,2,11-13H2,1H3. The number of hydrogen-bond donors (Lipinski definition) is 1. The topological polar surface area (TPSA) is 30.5 Å². The molecule has 0 bridgehead atoms. The van der Waals surface area contributed by atoms with E-state index in [9.17, 15) is 4.39 Å². The molecule has 112 valence electrons. The van der Waals surface area contributed by atoms with Crippen molar-refractivity contribution >= 4 is 0 Å². The van der Waals surface area contributed by atoms with Crippen LogP contribution in [0.5, 0.6) is 11.5 Å². The van der Waals surface area contributed by atoms with E-state index in [1.165, 1.54) is 12.1 Å². The molecule has 0 unspecified atom stereocenters. The van der Waals surface area contributed by atoms with Crippen molar-refractivity contribution in [3.05, 3.63) is 59.9 Å². The second-order valence-corrected chi connectivity index (χ2v) is 4.68. The largest absolute Gasteiger partial charge is 0.497 e. The second-order valence-electron chi connectivity index (χ2n) is 4.68. The molecule has 0 aliphatic heterocycles. The summed E-state index contributed by atoms with van der Waals surface area (Å²) in [5.74, 6) is 1.46. The van der Waals surface area contributed by atoms with Gasteiger partial charge in [0.25, 0.3) is 0 Å². The molecule has 0 radical (unpaired) electrons. The minimum Gasteiger partial charge on any atom is -0.497 e. The molecule has 0 heterocycles. The zero-order chi connectivity index (χ0) is 14.9. The van der Waals surface area contributed by atoms with Crippen LogP contribution in [0, 0.1) is 5.82 Å². The lowest BCUT2D eigenvalue weighted by Crippen LogP contribution is -2.17. The average Bonchev–Trinajstić information content (AvgIpc) is 2.53. The van der Waals surface area contributed by atoms with Crippen LogP contribution in [0.25, 0.3) is 0 Å². The summed E-state index contributed by atoms with van der Waals surface area (Å²) < 4.78 is 23.5. The van der Waals surface area contributed by atoms with Crippen LogP contribution in [0.4, 0.5) is 4.39 Å². The van der Waals surface area contributed by atoms with E-state index in [1.807, 2.05) is 24.3 Å². The van der Waals surface area contributed by atoms with Gasteiger partial charge in [-0.3, -0.25) is 0 Å². The van der Waals surface area contributed by atoms with E-state index in [0.29, 0.717) is 6.61 Å². The maximum absolute atomic E-state index is 12.7. The van der Waals surface area contributed by atoms with E-state index < -0.39 is 0 Å². The highest BCUT2D eigenvalue weighted by Gasteiger charge is 1.96. The summed E-state index contributed by atoms with van der Waals surface area (Å²) in [6.07, 6.45) is 0.910. The van der Waals surface area contributed by atoms with Gasteiger partial charge < -0.3 is 14.8 Å². The number of nitrogens with one attached hydrogen (secondary N) is 1. The van der Waals surface area contributed by atoms with Gasteiger partial charge in [0.05, 0.1) is 13.7 Å². The van der Waals surface area contributed by atoms with E-state index in [-0.39, 0.29) is 5.82 Å². The zero-order valence-electron chi connectivity index (χ0n) is 12.1. The number of hydrogen-bond acceptors (Lipinski definition) is 3. The zero-order valence-corrected chi connectivity index (χ0v) is 12.1. The Kier molecular flexibility index (Phi) is 6.03. The first-order chi connectivity index (χ1) is 10.3. The van der Waals surface area contributed by atoms with Crippen molar-refractivity contribution in [2.45, 2.75) is 13.0 Å². The molecule has 0 aliphatic rings. The van der Waals surface area contributed by atoms with Gasteiger partial charge in [0.15, 0.2) is 0 Å². The summed E-state index contributed by atoms with van der Waals surface area (Å²) in [5, 5.41) is 3.30. The molecular weight excluding hydrogens is 269 g/mol. The first-order valence-corrected chi connectivity index (χ1v) is 7.00. The first-order valence-electron chi connectivity index (χ1n) is 7.00. The highest BCUT2D eigenvalue weighted by molar-refractivity contribution is 5.31. The molecule has 2 aromatic carbocycles. The molecule has 0 saturated carbocycles. The molecule has 0 atom stereocenters. The monoisotopic (exact) mass is 289 g/mol. The van der Waals surface area contributed by atoms with Crippen LogP contribution < -0.4 is 14.8 Å². The Labute approximate surface area is 124 Å². The third-order valence-corrected chi connectivity index (χ3v) is 3.07. The number of halogens is 1. The van der Waals surface area contributed by atoms with Gasteiger partial charge in [-0.1, -0.05) is 12.1 Å². The van der Waals surface area contributed by atoms with E-state index in [2.05, 4.69) is 5.32 Å². The van der Waals surface area contributed by atoms with Crippen LogP contribution in [0.2, 0.25) is 0 Å². The number of ether oxygens (including phenoxy) is 2. The smallest absolute Gasteiger partial charge is 0.123 e. The Morgan fingerprint density at radius 2 is 1.62 bits per heavy atom. The van der Waals surface area contributed by atoms with Gasteiger partial charge in [-0.25, -0.2) is 4.39 Å². The Hall–Kier alpha value is -2.07. The summed E-state index contributed by atoms with van der Waals surface area (Å²) in [4.78, 5) is 0. The SMILES string of the molecule is COc1ccc(OCCCNCc2ccc(F)cc2)cc1. The van der Waals surface area contributed by atoms with Gasteiger partial charge in [0.1, 0.15) is 17.3 Å². The molecule has 0 spiro atoms. The van der Waals surface area contributed by atoms with Gasteiger partial charge in [-0.15, -0.1) is 0 Å². The fourth-order valence-corrected chi connectivity index (χ4v) is 1.89. The van der Waals surface area contributed by atoms with E-state index >= 15 is 0 Å². The summed E-state index contributed by atoms with van der Waals surface area (Å²) in [7, 11) is 1.64. The predicted octanol–water partition coefficient (Wildman–Crippen LogP) is 3.39. The third kappa shape index (κ3) is 5.44. The Balaban J connectivity index is 1.58. The van der Waals surface area contributed by atoms with Crippen LogP contribution in [0.1, 0.15) is 12.0 Å². The molecule has 0 saturated heterocycles. The molecule has 0 fully saturated rings. The number of methoxy groups -OCH3 is 1. The molecule has 0 aliphatic carbocycles. The predicted molar refractivity (Wildman–Crippen MR) is 81.2 cm³/mol. The Bertz CT molecular complexity index is 525. The number of benzene rings is 2. The van der Waals surface area contributed by atoms with Gasteiger partial charge in [-0.05, 0) is 54.9 Å². The maximum Gasteiger partial charge on any atom is 0.123 e. The fourth-order valence-electron chi connectivity index (χ4n) is 1.89. The lowest BCUT2D eigenvalue weighted by molar-refractivity contribution is 0.307. The van der Waals surface area contributed by atoms with Gasteiger partial charge >= 0.3 is 0 Å². The average molecular weight is 289 g/mol. The van der Waals surface area contributed by atoms with Gasteiger partial charge in [-0.2, -0.15) is 0 Å². The van der Waals surface area contributed by atoms with E-state index in [1.54, 1.807) is 19.2 Å². The highest BCUT2D eigenvalue weighted by Crippen LogP contribution is 2.16. The van der Waals surface area contributed by atoms with Crippen LogP contribution in [-0.4, -0.2) is 20.3 Å². The van der Waals surface area contributed by atoms with Crippen molar-refractivity contribution in [2.24, 2.45) is 0 Å². The molecule has 3 nitrogen and oxygen atoms in total. The highest BCUT2D eigenvalue weighted by atomic mass is 19.1. The minimum absolute atomic E-state index is 0.202. The second kappa shape index (κ2) is 8.27. The molecule has 21 heavy (non-hydrogen) atoms. The molecule has 1 N–H and O–H groups in total. The van der Waals surface area contributed by atoms with Crippen molar-refractivity contribution in [1.29, 1.82) is 0 Å². The summed E-state index contributed by atoms with van der Waals surface area (Å²) in [6.45, 7) is 2.25. The molecule has 4 heteroatoms. The van der Waals surface area contributed by atoms with Crippen molar-refractivity contribution in [3.8, 4) is 11.5 Å². The Morgan fingerprint density at radius 3 is 2.29 bits per heavy atom. The van der Waals surface area contributed by atoms with Crippen molar-refractivity contribution in [1.82, 2.24) is 5.32 Å². The van der Waals surface area contributed by atoms with E-state index in [0.717, 1.165) is 36.6 Å². The quantitative estimate of drug-likeness (QED) is 0.756. The first kappa shape index (κ1) is 15.3. The summed E-state index contributed by atoms with van der Waals surface area (Å²) in [5.41, 5.74) is 1.08. The normalized spacial score (nSPS) is 10.4. The molecule has 0 amide bonds. The van der Waals surface area contributed by atoms with Crippen molar-refractivity contribution in [3.63, 3.8) is 0 Å². The van der Waals surface area contributed by atoms with Crippen LogP contribution in [0.3, 0.4) is 0 Å². The molecule has 2 aromatic rings. The van der Waals surface area contributed by atoms with E-state index in [4.69, 9.17) is 9.47 Å². The summed E-state index contributed by atoms with van der Waals surface area (Å²) >= 11 is 0. The minimum atomic E-state index is -0.202. The lowest BCUT2D eigenvalue weighted by Gasteiger charge is -2.08. The van der Waals surface area contributed by atoms with Crippen LogP contribution in [-0.2, 0) is 6.54 Å². The molecular formula is C17H20FNO2. The van der Waals surface area contributed by atoms with Crippen LogP contribution >= 0.6 is 0 Å². The lowest BCUT2D eigenvalue weighted by atomic mass is 10.2. The van der Waals surface area contributed by atoms with Gasteiger partial charge in [0, 0.05) is 6.54 Å². The third-order valence-electron chi connectivity index (χ3n) is 3.07. The number of rotatable bonds is 8. The van der Waals surface area contributed by atoms with Crippen molar-refractivity contribution in [2.75, 3.05) is 20.3 Å². The fraction of sp³-hybridized carbons (Fsp3) is 0.294. The molecule has 0 aromatic heterocycles. The summed E-state index contributed by atoms with van der Waals surface area (Å²) in [6, 6.07) is 14.1. The molecule has 2 rings (SSSR count).